The quantitative estimate of drug-likeness (QED) is 0.800. The molecule has 1 aliphatic rings. The maximum Gasteiger partial charge on any atom is 0.137 e. The number of rotatable bonds is 4. The number of halogens is 1. The van der Waals surface area contributed by atoms with Crippen LogP contribution in [0, 0.1) is 0 Å². The number of aromatic nitrogens is 2. The highest BCUT2D eigenvalue weighted by molar-refractivity contribution is 6.30. The molecule has 1 aromatic heterocycles. The van der Waals surface area contributed by atoms with E-state index >= 15 is 0 Å². The van der Waals surface area contributed by atoms with Crippen LogP contribution in [-0.4, -0.2) is 47.6 Å². The van der Waals surface area contributed by atoms with Crippen molar-refractivity contribution in [2.24, 2.45) is 0 Å². The van der Waals surface area contributed by atoms with Crippen molar-refractivity contribution >= 4 is 17.4 Å². The molecule has 20 heavy (non-hydrogen) atoms. The Labute approximate surface area is 127 Å². The lowest BCUT2D eigenvalue weighted by atomic mass is 10.1. The van der Waals surface area contributed by atoms with Crippen molar-refractivity contribution in [2.45, 2.75) is 45.6 Å². The van der Waals surface area contributed by atoms with E-state index in [2.05, 4.69) is 40.7 Å². The Morgan fingerprint density at radius 3 is 2.80 bits per heavy atom. The van der Waals surface area contributed by atoms with Gasteiger partial charge in [-0.1, -0.05) is 31.9 Å². The Morgan fingerprint density at radius 1 is 1.30 bits per heavy atom. The van der Waals surface area contributed by atoms with E-state index in [1.165, 1.54) is 6.42 Å². The van der Waals surface area contributed by atoms with Crippen molar-refractivity contribution in [3.63, 3.8) is 0 Å². The molecule has 0 aliphatic carbocycles. The minimum absolute atomic E-state index is 0.504. The van der Waals surface area contributed by atoms with Crippen LogP contribution in [0.15, 0.2) is 6.33 Å². The van der Waals surface area contributed by atoms with Gasteiger partial charge in [-0.05, 0) is 32.9 Å². The molecule has 0 amide bonds. The molecule has 1 aromatic rings. The van der Waals surface area contributed by atoms with E-state index in [0.717, 1.165) is 50.3 Å². The van der Waals surface area contributed by atoms with Gasteiger partial charge >= 0.3 is 0 Å². The highest BCUT2D eigenvalue weighted by atomic mass is 35.5. The fourth-order valence-electron chi connectivity index (χ4n) is 2.97. The highest BCUT2D eigenvalue weighted by Crippen LogP contribution is 2.28. The van der Waals surface area contributed by atoms with E-state index in [-0.39, 0.29) is 0 Å². The third-order valence-corrected chi connectivity index (χ3v) is 4.34. The SMILES string of the molecule is CCCc1c(Cl)ncnc1N1CCCN(C)CC1CC. The van der Waals surface area contributed by atoms with Gasteiger partial charge in [0.1, 0.15) is 17.3 Å². The average Bonchev–Trinajstić information content (AvgIpc) is 2.62. The van der Waals surface area contributed by atoms with Crippen LogP contribution in [0.2, 0.25) is 5.15 Å². The van der Waals surface area contributed by atoms with Gasteiger partial charge in [0.25, 0.3) is 0 Å². The van der Waals surface area contributed by atoms with Crippen LogP contribution in [0.5, 0.6) is 0 Å². The topological polar surface area (TPSA) is 32.3 Å². The third kappa shape index (κ3) is 3.41. The summed E-state index contributed by atoms with van der Waals surface area (Å²) in [6.07, 6.45) is 5.89. The van der Waals surface area contributed by atoms with E-state index in [1.54, 1.807) is 6.33 Å². The minimum atomic E-state index is 0.504. The van der Waals surface area contributed by atoms with Crippen molar-refractivity contribution in [3.05, 3.63) is 17.0 Å². The monoisotopic (exact) mass is 296 g/mol. The Bertz CT molecular complexity index is 438. The largest absolute Gasteiger partial charge is 0.352 e. The number of hydrogen-bond acceptors (Lipinski definition) is 4. The summed E-state index contributed by atoms with van der Waals surface area (Å²) >= 11 is 6.30. The van der Waals surface area contributed by atoms with Gasteiger partial charge < -0.3 is 9.80 Å². The molecular weight excluding hydrogens is 272 g/mol. The average molecular weight is 297 g/mol. The molecule has 4 nitrogen and oxygen atoms in total. The molecule has 1 saturated heterocycles. The Kier molecular flexibility index (Phi) is 5.61. The first-order valence-electron chi connectivity index (χ1n) is 7.61. The smallest absolute Gasteiger partial charge is 0.137 e. The van der Waals surface area contributed by atoms with Crippen LogP contribution in [-0.2, 0) is 6.42 Å². The second-order valence-electron chi connectivity index (χ2n) is 5.59. The van der Waals surface area contributed by atoms with Crippen molar-refractivity contribution in [1.29, 1.82) is 0 Å². The highest BCUT2D eigenvalue weighted by Gasteiger charge is 2.25. The number of likely N-dealkylation sites (N-methyl/N-ethyl adjacent to an activating group) is 1. The first-order valence-corrected chi connectivity index (χ1v) is 7.99. The molecule has 1 fully saturated rings. The maximum absolute atomic E-state index is 6.30. The zero-order valence-corrected chi connectivity index (χ0v) is 13.5. The van der Waals surface area contributed by atoms with E-state index in [9.17, 15) is 0 Å². The molecule has 5 heteroatoms. The van der Waals surface area contributed by atoms with Gasteiger partial charge in [-0.3, -0.25) is 0 Å². The summed E-state index contributed by atoms with van der Waals surface area (Å²) in [5.74, 6) is 1.05. The summed E-state index contributed by atoms with van der Waals surface area (Å²) in [5.41, 5.74) is 1.11. The summed E-state index contributed by atoms with van der Waals surface area (Å²) in [7, 11) is 2.20. The Balaban J connectivity index is 2.34. The summed E-state index contributed by atoms with van der Waals surface area (Å²) in [6.45, 7) is 7.70. The lowest BCUT2D eigenvalue weighted by Gasteiger charge is -2.32. The normalized spacial score (nSPS) is 21.0. The third-order valence-electron chi connectivity index (χ3n) is 4.02. The Morgan fingerprint density at radius 2 is 2.10 bits per heavy atom. The first-order chi connectivity index (χ1) is 9.67. The van der Waals surface area contributed by atoms with E-state index < -0.39 is 0 Å². The van der Waals surface area contributed by atoms with Gasteiger partial charge in [-0.2, -0.15) is 0 Å². The van der Waals surface area contributed by atoms with Crippen LogP contribution in [0.3, 0.4) is 0 Å². The van der Waals surface area contributed by atoms with E-state index in [0.29, 0.717) is 11.2 Å². The van der Waals surface area contributed by atoms with Crippen molar-refractivity contribution in [2.75, 3.05) is 31.6 Å². The molecule has 0 bridgehead atoms. The standard InChI is InChI=1S/C15H25ClN4/c1-4-7-13-14(16)17-11-18-15(13)20-9-6-8-19(3)10-12(20)5-2/h11-12H,4-10H2,1-3H3. The zero-order valence-electron chi connectivity index (χ0n) is 12.8. The lowest BCUT2D eigenvalue weighted by Crippen LogP contribution is -2.40. The predicted octanol–water partition coefficient (Wildman–Crippen LogP) is 3.00. The summed E-state index contributed by atoms with van der Waals surface area (Å²) in [6, 6.07) is 0.504. The molecule has 1 aliphatic heterocycles. The second kappa shape index (κ2) is 7.23. The summed E-state index contributed by atoms with van der Waals surface area (Å²) in [4.78, 5) is 13.6. The molecule has 1 atom stereocenters. The number of anilines is 1. The van der Waals surface area contributed by atoms with Crippen LogP contribution in [0.4, 0.5) is 5.82 Å². The molecule has 0 aromatic carbocycles. The molecule has 0 saturated carbocycles. The van der Waals surface area contributed by atoms with Gasteiger partial charge in [0.05, 0.1) is 0 Å². The summed E-state index contributed by atoms with van der Waals surface area (Å²) in [5, 5.41) is 0.615. The van der Waals surface area contributed by atoms with Gasteiger partial charge in [0, 0.05) is 24.7 Å². The van der Waals surface area contributed by atoms with Gasteiger partial charge in [-0.25, -0.2) is 9.97 Å². The molecule has 112 valence electrons. The van der Waals surface area contributed by atoms with Gasteiger partial charge in [-0.15, -0.1) is 0 Å². The molecule has 0 radical (unpaired) electrons. The molecule has 2 rings (SSSR count). The van der Waals surface area contributed by atoms with Crippen molar-refractivity contribution in [1.82, 2.24) is 14.9 Å². The molecule has 0 spiro atoms. The van der Waals surface area contributed by atoms with E-state index in [1.807, 2.05) is 0 Å². The second-order valence-corrected chi connectivity index (χ2v) is 5.95. The van der Waals surface area contributed by atoms with Crippen LogP contribution >= 0.6 is 11.6 Å². The van der Waals surface area contributed by atoms with E-state index in [4.69, 9.17) is 11.6 Å². The summed E-state index contributed by atoms with van der Waals surface area (Å²) < 4.78 is 0. The first kappa shape index (κ1) is 15.5. The zero-order chi connectivity index (χ0) is 14.5. The van der Waals surface area contributed by atoms with Crippen LogP contribution < -0.4 is 4.90 Å². The van der Waals surface area contributed by atoms with Crippen LogP contribution in [0.1, 0.15) is 38.7 Å². The predicted molar refractivity (Wildman–Crippen MR) is 84.6 cm³/mol. The number of nitrogens with zero attached hydrogens (tertiary/aromatic N) is 4. The molecule has 1 unspecified atom stereocenters. The van der Waals surface area contributed by atoms with Crippen molar-refractivity contribution < 1.29 is 0 Å². The fraction of sp³-hybridized carbons (Fsp3) is 0.733. The van der Waals surface area contributed by atoms with Crippen molar-refractivity contribution in [3.8, 4) is 0 Å². The molecule has 2 heterocycles. The van der Waals surface area contributed by atoms with Gasteiger partial charge in [0.15, 0.2) is 0 Å². The Hall–Kier alpha value is -0.870. The molecular formula is C15H25ClN4. The van der Waals surface area contributed by atoms with Gasteiger partial charge in [0.2, 0.25) is 0 Å². The number of hydrogen-bond donors (Lipinski definition) is 0. The minimum Gasteiger partial charge on any atom is -0.352 e. The lowest BCUT2D eigenvalue weighted by molar-refractivity contribution is 0.327. The van der Waals surface area contributed by atoms with Crippen LogP contribution in [0.25, 0.3) is 0 Å². The fourth-order valence-corrected chi connectivity index (χ4v) is 3.19. The maximum atomic E-state index is 6.30. The molecule has 0 N–H and O–H groups in total.